The topological polar surface area (TPSA) is 90.7 Å². The molecule has 0 aromatic heterocycles. The molecule has 1 heterocycles. The third-order valence-corrected chi connectivity index (χ3v) is 3.75. The van der Waals surface area contributed by atoms with Crippen LogP contribution < -0.4 is 14.8 Å². The number of ether oxygens (including phenoxy) is 2. The molecule has 0 saturated carbocycles. The minimum Gasteiger partial charge on any atom is -0.486 e. The molecule has 1 N–H and O–H groups in total. The Kier molecular flexibility index (Phi) is 4.33. The van der Waals surface area contributed by atoms with Crippen molar-refractivity contribution in [2.45, 2.75) is 13.0 Å². The van der Waals surface area contributed by atoms with Crippen LogP contribution in [-0.4, -0.2) is 24.0 Å². The van der Waals surface area contributed by atoms with Gasteiger partial charge in [0.1, 0.15) is 13.2 Å². The summed E-state index contributed by atoms with van der Waals surface area (Å²) in [6.07, 6.45) is 0. The van der Waals surface area contributed by atoms with Crippen molar-refractivity contribution in [1.82, 2.24) is 5.32 Å². The highest BCUT2D eigenvalue weighted by Gasteiger charge is 2.17. The predicted molar refractivity (Wildman–Crippen MR) is 86.4 cm³/mol. The fourth-order valence-electron chi connectivity index (χ4n) is 2.43. The number of hydrogen-bond acceptors (Lipinski definition) is 5. The molecule has 7 heteroatoms. The van der Waals surface area contributed by atoms with Crippen molar-refractivity contribution in [3.8, 4) is 11.5 Å². The summed E-state index contributed by atoms with van der Waals surface area (Å²) in [7, 11) is 0. The number of carbonyl (C=O) groups is 1. The van der Waals surface area contributed by atoms with Gasteiger partial charge in [-0.2, -0.15) is 0 Å². The SMILES string of the molecule is CC(NC(=O)c1ccc([N+](=O)[O-])cc1)c1ccc2c(c1)OCCO2. The maximum atomic E-state index is 12.3. The molecule has 24 heavy (non-hydrogen) atoms. The van der Waals surface area contributed by atoms with E-state index in [0.29, 0.717) is 30.3 Å². The Bertz CT molecular complexity index is 773. The summed E-state index contributed by atoms with van der Waals surface area (Å²) in [5, 5.41) is 13.5. The van der Waals surface area contributed by atoms with Gasteiger partial charge in [-0.15, -0.1) is 0 Å². The van der Waals surface area contributed by atoms with Crippen LogP contribution in [0.4, 0.5) is 5.69 Å². The number of fused-ring (bicyclic) bond motifs is 1. The van der Waals surface area contributed by atoms with Crippen LogP contribution in [0, 0.1) is 10.1 Å². The van der Waals surface area contributed by atoms with E-state index < -0.39 is 4.92 Å². The first-order chi connectivity index (χ1) is 11.5. The van der Waals surface area contributed by atoms with Gasteiger partial charge in [-0.3, -0.25) is 14.9 Å². The monoisotopic (exact) mass is 328 g/mol. The minimum absolute atomic E-state index is 0.0496. The van der Waals surface area contributed by atoms with Crippen molar-refractivity contribution in [3.63, 3.8) is 0 Å². The van der Waals surface area contributed by atoms with Crippen molar-refractivity contribution in [3.05, 3.63) is 63.7 Å². The van der Waals surface area contributed by atoms with Crippen molar-refractivity contribution in [2.75, 3.05) is 13.2 Å². The maximum absolute atomic E-state index is 12.3. The number of nitro benzene ring substituents is 1. The van der Waals surface area contributed by atoms with Gasteiger partial charge in [0.2, 0.25) is 0 Å². The summed E-state index contributed by atoms with van der Waals surface area (Å²) in [5.41, 5.74) is 1.20. The van der Waals surface area contributed by atoms with E-state index in [2.05, 4.69) is 5.32 Å². The molecule has 2 aromatic carbocycles. The third kappa shape index (κ3) is 3.29. The zero-order chi connectivity index (χ0) is 17.1. The lowest BCUT2D eigenvalue weighted by atomic mass is 10.1. The number of amides is 1. The molecule has 124 valence electrons. The lowest BCUT2D eigenvalue weighted by Crippen LogP contribution is -2.26. The first kappa shape index (κ1) is 15.8. The third-order valence-electron chi connectivity index (χ3n) is 3.75. The van der Waals surface area contributed by atoms with Crippen molar-refractivity contribution in [1.29, 1.82) is 0 Å². The van der Waals surface area contributed by atoms with Gasteiger partial charge in [0.25, 0.3) is 11.6 Å². The molecule has 0 fully saturated rings. The van der Waals surface area contributed by atoms with Crippen LogP contribution in [0.25, 0.3) is 0 Å². The Balaban J connectivity index is 1.70. The van der Waals surface area contributed by atoms with Gasteiger partial charge in [-0.1, -0.05) is 6.07 Å². The van der Waals surface area contributed by atoms with Crippen LogP contribution >= 0.6 is 0 Å². The van der Waals surface area contributed by atoms with Crippen LogP contribution in [0.15, 0.2) is 42.5 Å². The quantitative estimate of drug-likeness (QED) is 0.688. The smallest absolute Gasteiger partial charge is 0.269 e. The van der Waals surface area contributed by atoms with E-state index in [0.717, 1.165) is 5.56 Å². The van der Waals surface area contributed by atoms with Gasteiger partial charge in [-0.25, -0.2) is 0 Å². The zero-order valence-electron chi connectivity index (χ0n) is 13.0. The molecular formula is C17H16N2O5. The second kappa shape index (κ2) is 6.57. The molecule has 0 bridgehead atoms. The fraction of sp³-hybridized carbons (Fsp3) is 0.235. The second-order valence-corrected chi connectivity index (χ2v) is 5.40. The number of non-ortho nitro benzene ring substituents is 1. The van der Waals surface area contributed by atoms with Crippen molar-refractivity contribution < 1.29 is 19.2 Å². The second-order valence-electron chi connectivity index (χ2n) is 5.40. The molecule has 1 atom stereocenters. The van der Waals surface area contributed by atoms with E-state index in [1.54, 1.807) is 0 Å². The Morgan fingerprint density at radius 3 is 2.46 bits per heavy atom. The number of rotatable bonds is 4. The lowest BCUT2D eigenvalue weighted by molar-refractivity contribution is -0.384. The van der Waals surface area contributed by atoms with Crippen LogP contribution in [0.1, 0.15) is 28.9 Å². The highest BCUT2D eigenvalue weighted by molar-refractivity contribution is 5.94. The number of hydrogen-bond donors (Lipinski definition) is 1. The first-order valence-corrected chi connectivity index (χ1v) is 7.49. The molecule has 0 radical (unpaired) electrons. The summed E-state index contributed by atoms with van der Waals surface area (Å²) in [4.78, 5) is 22.4. The molecule has 1 aliphatic heterocycles. The average Bonchev–Trinajstić information content (AvgIpc) is 2.61. The molecule has 1 amide bonds. The minimum atomic E-state index is -0.501. The fourth-order valence-corrected chi connectivity index (χ4v) is 2.43. The average molecular weight is 328 g/mol. The van der Waals surface area contributed by atoms with Crippen LogP contribution in [0.5, 0.6) is 11.5 Å². The van der Waals surface area contributed by atoms with Crippen LogP contribution in [0.2, 0.25) is 0 Å². The molecule has 0 spiro atoms. The molecule has 2 aromatic rings. The molecule has 1 aliphatic rings. The van der Waals surface area contributed by atoms with Gasteiger partial charge >= 0.3 is 0 Å². The van der Waals surface area contributed by atoms with E-state index in [1.807, 2.05) is 25.1 Å². The summed E-state index contributed by atoms with van der Waals surface area (Å²) >= 11 is 0. The highest BCUT2D eigenvalue weighted by Crippen LogP contribution is 2.32. The number of carbonyl (C=O) groups excluding carboxylic acids is 1. The lowest BCUT2D eigenvalue weighted by Gasteiger charge is -2.21. The van der Waals surface area contributed by atoms with E-state index >= 15 is 0 Å². The molecular weight excluding hydrogens is 312 g/mol. The van der Waals surface area contributed by atoms with Crippen LogP contribution in [0.3, 0.4) is 0 Å². The molecule has 7 nitrogen and oxygen atoms in total. The van der Waals surface area contributed by atoms with Gasteiger partial charge < -0.3 is 14.8 Å². The van der Waals surface area contributed by atoms with E-state index in [-0.39, 0.29) is 17.6 Å². The van der Waals surface area contributed by atoms with Gasteiger partial charge in [0.05, 0.1) is 11.0 Å². The largest absolute Gasteiger partial charge is 0.486 e. The summed E-state index contributed by atoms with van der Waals surface area (Å²) < 4.78 is 11.0. The van der Waals surface area contributed by atoms with Gasteiger partial charge in [-0.05, 0) is 36.8 Å². The predicted octanol–water partition coefficient (Wildman–Crippen LogP) is 2.86. The van der Waals surface area contributed by atoms with Crippen LogP contribution in [-0.2, 0) is 0 Å². The van der Waals surface area contributed by atoms with Crippen molar-refractivity contribution in [2.24, 2.45) is 0 Å². The number of benzene rings is 2. The van der Waals surface area contributed by atoms with E-state index in [1.165, 1.54) is 24.3 Å². The highest BCUT2D eigenvalue weighted by atomic mass is 16.6. The Labute approximate surface area is 138 Å². The van der Waals surface area contributed by atoms with E-state index in [9.17, 15) is 14.9 Å². The molecule has 3 rings (SSSR count). The number of nitrogens with one attached hydrogen (secondary N) is 1. The van der Waals surface area contributed by atoms with E-state index in [4.69, 9.17) is 9.47 Å². The summed E-state index contributed by atoms with van der Waals surface area (Å²) in [5.74, 6) is 1.06. The molecule has 0 aliphatic carbocycles. The standard InChI is InChI=1S/C17H16N2O5/c1-11(13-4-7-15-16(10-13)24-9-8-23-15)18-17(20)12-2-5-14(6-3-12)19(21)22/h2-7,10-11H,8-9H2,1H3,(H,18,20). The maximum Gasteiger partial charge on any atom is 0.269 e. The van der Waals surface area contributed by atoms with Gasteiger partial charge in [0.15, 0.2) is 11.5 Å². The Morgan fingerprint density at radius 1 is 1.12 bits per heavy atom. The Hall–Kier alpha value is -3.09. The first-order valence-electron chi connectivity index (χ1n) is 7.49. The Morgan fingerprint density at radius 2 is 1.79 bits per heavy atom. The normalized spacial score (nSPS) is 13.9. The summed E-state index contributed by atoms with van der Waals surface area (Å²) in [6.45, 7) is 2.88. The molecule has 0 saturated heterocycles. The summed E-state index contributed by atoms with van der Waals surface area (Å²) in [6, 6.07) is 10.8. The van der Waals surface area contributed by atoms with Crippen molar-refractivity contribution >= 4 is 11.6 Å². The zero-order valence-corrected chi connectivity index (χ0v) is 13.0. The van der Waals surface area contributed by atoms with Gasteiger partial charge in [0, 0.05) is 17.7 Å². The molecule has 1 unspecified atom stereocenters. The number of nitrogens with zero attached hydrogens (tertiary/aromatic N) is 1. The number of nitro groups is 1.